The molecule has 0 spiro atoms. The maximum atomic E-state index is 13.2. The van der Waals surface area contributed by atoms with Gasteiger partial charge in [-0.1, -0.05) is 25.7 Å². The minimum absolute atomic E-state index is 0.154. The van der Waals surface area contributed by atoms with E-state index in [1.807, 2.05) is 7.05 Å². The van der Waals surface area contributed by atoms with Crippen molar-refractivity contribution in [3.63, 3.8) is 0 Å². The van der Waals surface area contributed by atoms with E-state index in [1.165, 1.54) is 43.9 Å². The summed E-state index contributed by atoms with van der Waals surface area (Å²) in [5, 5.41) is 2.69. The number of carbonyl (C=O) groups is 1. The quantitative estimate of drug-likeness (QED) is 0.663. The van der Waals surface area contributed by atoms with Crippen LogP contribution in [0.25, 0.3) is 0 Å². The molecule has 0 aliphatic heterocycles. The van der Waals surface area contributed by atoms with Gasteiger partial charge in [0.25, 0.3) is 0 Å². The van der Waals surface area contributed by atoms with Gasteiger partial charge in [-0.05, 0) is 38.1 Å². The Morgan fingerprint density at radius 1 is 1.33 bits per heavy atom. The fourth-order valence-corrected chi connectivity index (χ4v) is 2.88. The first-order valence-electron chi connectivity index (χ1n) is 7.61. The van der Waals surface area contributed by atoms with Gasteiger partial charge in [-0.3, -0.25) is 9.69 Å². The summed E-state index contributed by atoms with van der Waals surface area (Å²) in [7, 11) is 1.98. The zero-order valence-corrected chi connectivity index (χ0v) is 12.6. The molecule has 1 saturated carbocycles. The number of likely N-dealkylation sites (N-methyl/N-ethyl adjacent to an activating group) is 1. The number of nitrogens with two attached hydrogens (primary N) is 1. The maximum absolute atomic E-state index is 13.2. The zero-order chi connectivity index (χ0) is 15.2. The Balaban J connectivity index is 1.89. The third-order valence-corrected chi connectivity index (χ3v) is 4.13. The molecular formula is C16H24FN3O. The summed E-state index contributed by atoms with van der Waals surface area (Å²) < 4.78 is 13.2. The molecule has 0 bridgehead atoms. The number of nitrogens with zero attached hydrogens (tertiary/aromatic N) is 1. The van der Waals surface area contributed by atoms with E-state index >= 15 is 0 Å². The summed E-state index contributed by atoms with van der Waals surface area (Å²) in [4.78, 5) is 14.2. The summed E-state index contributed by atoms with van der Waals surface area (Å²) in [5.41, 5.74) is 6.46. The molecule has 1 aliphatic carbocycles. The number of nitrogen functional groups attached to an aromatic ring is 1. The number of nitrogens with one attached hydrogen (secondary N) is 1. The van der Waals surface area contributed by atoms with Gasteiger partial charge in [0, 0.05) is 6.04 Å². The van der Waals surface area contributed by atoms with Crippen molar-refractivity contribution in [3.8, 4) is 0 Å². The number of carbonyl (C=O) groups excluding carboxylic acids is 1. The van der Waals surface area contributed by atoms with Crippen molar-refractivity contribution in [2.75, 3.05) is 24.6 Å². The van der Waals surface area contributed by atoms with Crippen LogP contribution in [0.5, 0.6) is 0 Å². The maximum Gasteiger partial charge on any atom is 0.238 e. The molecule has 0 saturated heterocycles. The Hall–Kier alpha value is -1.62. The largest absolute Gasteiger partial charge is 0.397 e. The summed E-state index contributed by atoms with van der Waals surface area (Å²) in [6.45, 7) is 0.306. The summed E-state index contributed by atoms with van der Waals surface area (Å²) in [5.74, 6) is -0.560. The number of anilines is 2. The van der Waals surface area contributed by atoms with Crippen LogP contribution in [0.4, 0.5) is 15.8 Å². The fraction of sp³-hybridized carbons (Fsp3) is 0.562. The lowest BCUT2D eigenvalue weighted by Gasteiger charge is -2.26. The lowest BCUT2D eigenvalue weighted by molar-refractivity contribution is -0.117. The van der Waals surface area contributed by atoms with Gasteiger partial charge in [0.15, 0.2) is 0 Å². The van der Waals surface area contributed by atoms with Crippen molar-refractivity contribution >= 4 is 17.3 Å². The lowest BCUT2D eigenvalue weighted by atomic mass is 10.1. The van der Waals surface area contributed by atoms with Crippen LogP contribution in [0.2, 0.25) is 0 Å². The van der Waals surface area contributed by atoms with E-state index in [-0.39, 0.29) is 5.91 Å². The van der Waals surface area contributed by atoms with E-state index < -0.39 is 5.82 Å². The minimum atomic E-state index is -0.406. The number of amides is 1. The highest BCUT2D eigenvalue weighted by molar-refractivity contribution is 5.95. The number of hydrogen-bond donors (Lipinski definition) is 2. The number of rotatable bonds is 4. The third kappa shape index (κ3) is 4.70. The van der Waals surface area contributed by atoms with Crippen molar-refractivity contribution in [3.05, 3.63) is 24.0 Å². The molecule has 1 amide bonds. The molecule has 5 heteroatoms. The second-order valence-corrected chi connectivity index (χ2v) is 5.84. The topological polar surface area (TPSA) is 58.4 Å². The van der Waals surface area contributed by atoms with Crippen molar-refractivity contribution in [2.24, 2.45) is 0 Å². The zero-order valence-electron chi connectivity index (χ0n) is 12.6. The molecule has 4 nitrogen and oxygen atoms in total. The molecule has 1 aromatic carbocycles. The van der Waals surface area contributed by atoms with E-state index in [9.17, 15) is 9.18 Å². The summed E-state index contributed by atoms with van der Waals surface area (Å²) in [6, 6.07) is 4.45. The van der Waals surface area contributed by atoms with Gasteiger partial charge in [0.05, 0.1) is 17.9 Å². The second-order valence-electron chi connectivity index (χ2n) is 5.84. The molecule has 116 valence electrons. The van der Waals surface area contributed by atoms with E-state index in [2.05, 4.69) is 10.2 Å². The van der Waals surface area contributed by atoms with Gasteiger partial charge < -0.3 is 11.1 Å². The highest BCUT2D eigenvalue weighted by atomic mass is 19.1. The molecule has 0 atom stereocenters. The summed E-state index contributed by atoms with van der Waals surface area (Å²) in [6.07, 6.45) is 7.32. The van der Waals surface area contributed by atoms with Crippen LogP contribution in [0.3, 0.4) is 0 Å². The Morgan fingerprint density at radius 2 is 2.00 bits per heavy atom. The standard InChI is InChI=1S/C16H24FN3O/c1-20(13-6-4-2-3-5-7-13)11-16(21)19-15-10-12(17)8-9-14(15)18/h8-10,13H,2-7,11,18H2,1H3,(H,19,21). The van der Waals surface area contributed by atoms with Crippen LogP contribution in [0.1, 0.15) is 38.5 Å². The van der Waals surface area contributed by atoms with E-state index in [0.29, 0.717) is 24.0 Å². The van der Waals surface area contributed by atoms with Crippen molar-refractivity contribution in [1.82, 2.24) is 4.90 Å². The van der Waals surface area contributed by atoms with E-state index in [0.717, 1.165) is 12.8 Å². The molecule has 1 fully saturated rings. The van der Waals surface area contributed by atoms with Gasteiger partial charge in [-0.15, -0.1) is 0 Å². The Bertz CT molecular complexity index is 484. The van der Waals surface area contributed by atoms with Gasteiger partial charge in [0.2, 0.25) is 5.91 Å². The molecule has 0 heterocycles. The van der Waals surface area contributed by atoms with Crippen LogP contribution in [0.15, 0.2) is 18.2 Å². The van der Waals surface area contributed by atoms with Gasteiger partial charge >= 0.3 is 0 Å². The van der Waals surface area contributed by atoms with Crippen molar-refractivity contribution in [1.29, 1.82) is 0 Å². The molecule has 1 aliphatic rings. The molecule has 0 aromatic heterocycles. The lowest BCUT2D eigenvalue weighted by Crippen LogP contribution is -2.37. The third-order valence-electron chi connectivity index (χ3n) is 4.13. The first-order chi connectivity index (χ1) is 10.1. The number of hydrogen-bond acceptors (Lipinski definition) is 3. The molecular weight excluding hydrogens is 269 g/mol. The first-order valence-corrected chi connectivity index (χ1v) is 7.61. The van der Waals surface area contributed by atoms with Crippen molar-refractivity contribution in [2.45, 2.75) is 44.6 Å². The van der Waals surface area contributed by atoms with Crippen LogP contribution >= 0.6 is 0 Å². The van der Waals surface area contributed by atoms with Crippen LogP contribution in [0, 0.1) is 5.82 Å². The predicted molar refractivity (Wildman–Crippen MR) is 83.6 cm³/mol. The Kier molecular flexibility index (Phi) is 5.56. The monoisotopic (exact) mass is 293 g/mol. The molecule has 0 radical (unpaired) electrons. The highest BCUT2D eigenvalue weighted by Crippen LogP contribution is 2.22. The Labute approximate surface area is 125 Å². The van der Waals surface area contributed by atoms with E-state index in [4.69, 9.17) is 5.73 Å². The van der Waals surface area contributed by atoms with Crippen LogP contribution < -0.4 is 11.1 Å². The molecule has 21 heavy (non-hydrogen) atoms. The average molecular weight is 293 g/mol. The van der Waals surface area contributed by atoms with Gasteiger partial charge in [-0.2, -0.15) is 0 Å². The first kappa shape index (κ1) is 15.8. The predicted octanol–water partition coefficient (Wildman–Crippen LogP) is 3.00. The molecule has 2 rings (SSSR count). The number of halogens is 1. The molecule has 1 aromatic rings. The Morgan fingerprint density at radius 3 is 2.67 bits per heavy atom. The second kappa shape index (κ2) is 7.41. The van der Waals surface area contributed by atoms with Gasteiger partial charge in [-0.25, -0.2) is 4.39 Å². The van der Waals surface area contributed by atoms with Gasteiger partial charge in [0.1, 0.15) is 5.82 Å². The molecule has 3 N–H and O–H groups in total. The summed E-state index contributed by atoms with van der Waals surface area (Å²) >= 11 is 0. The van der Waals surface area contributed by atoms with Crippen molar-refractivity contribution < 1.29 is 9.18 Å². The number of benzene rings is 1. The highest BCUT2D eigenvalue weighted by Gasteiger charge is 2.19. The minimum Gasteiger partial charge on any atom is -0.397 e. The smallest absolute Gasteiger partial charge is 0.238 e. The fourth-order valence-electron chi connectivity index (χ4n) is 2.88. The SMILES string of the molecule is CN(CC(=O)Nc1cc(F)ccc1N)C1CCCCCC1. The van der Waals surface area contributed by atoms with E-state index in [1.54, 1.807) is 0 Å². The van der Waals surface area contributed by atoms with Crippen LogP contribution in [-0.4, -0.2) is 30.4 Å². The average Bonchev–Trinajstić information content (AvgIpc) is 2.72. The molecule has 0 unspecified atom stereocenters. The van der Waals surface area contributed by atoms with Crippen LogP contribution in [-0.2, 0) is 4.79 Å². The normalized spacial score (nSPS) is 16.7.